The summed E-state index contributed by atoms with van der Waals surface area (Å²) in [5.74, 6) is 0.558. The van der Waals surface area contributed by atoms with E-state index in [9.17, 15) is 13.9 Å². The Morgan fingerprint density at radius 3 is 1.91 bits per heavy atom. The molecular weight excluding hydrogens is 438 g/mol. The van der Waals surface area contributed by atoms with Crippen molar-refractivity contribution in [1.82, 2.24) is 4.57 Å². The van der Waals surface area contributed by atoms with Gasteiger partial charge in [-0.25, -0.2) is 0 Å². The van der Waals surface area contributed by atoms with Crippen LogP contribution in [0, 0.1) is 0 Å². The Morgan fingerprint density at radius 2 is 1.41 bits per heavy atom. The molecule has 0 saturated heterocycles. The summed E-state index contributed by atoms with van der Waals surface area (Å²) in [7, 11) is 0. The molecule has 0 saturated carbocycles. The van der Waals surface area contributed by atoms with E-state index in [1.165, 1.54) is 0 Å². The number of benzene rings is 2. The van der Waals surface area contributed by atoms with Crippen LogP contribution in [0.4, 0.5) is 0 Å². The van der Waals surface area contributed by atoms with E-state index in [1.807, 2.05) is 47.3 Å². The molecule has 3 rings (SSSR count). The summed E-state index contributed by atoms with van der Waals surface area (Å²) in [5, 5.41) is 0. The van der Waals surface area contributed by atoms with Crippen molar-refractivity contribution in [1.29, 1.82) is 0 Å². The van der Waals surface area contributed by atoms with Crippen LogP contribution in [0.1, 0.15) is 13.3 Å². The summed E-state index contributed by atoms with van der Waals surface area (Å²) >= 11 is -2.68. The Labute approximate surface area is 195 Å². The first-order chi connectivity index (χ1) is 15.5. The number of rotatable bonds is 10. The third-order valence-electron chi connectivity index (χ3n) is 4.90. The molecule has 0 aliphatic carbocycles. The fourth-order valence-corrected chi connectivity index (χ4v) is 5.37. The molecule has 32 heavy (non-hydrogen) atoms. The van der Waals surface area contributed by atoms with Crippen LogP contribution >= 0.6 is 0 Å². The zero-order valence-corrected chi connectivity index (χ0v) is 19.8. The maximum atomic E-state index is 13.5. The van der Waals surface area contributed by atoms with Crippen LogP contribution in [0.5, 0.6) is 0 Å². The van der Waals surface area contributed by atoms with E-state index in [0.717, 1.165) is 18.5 Å². The standard InChI is InChI=1S/C26H27NO3S2/c1-4-12-27-18-24(20-10-8-7-9-11-20)26(28)25(19-27)21-15-22(31(29)13-5-2)17-23(16-21)32(30)14-6-3/h5-11,15-19H,2-4,12-14H2,1H3. The van der Waals surface area contributed by atoms with E-state index in [1.54, 1.807) is 30.4 Å². The highest BCUT2D eigenvalue weighted by atomic mass is 32.2. The first kappa shape index (κ1) is 24.1. The molecular formula is C26H27NO3S2. The first-order valence-corrected chi connectivity index (χ1v) is 13.1. The van der Waals surface area contributed by atoms with Crippen LogP contribution < -0.4 is 5.43 Å². The molecule has 0 amide bonds. The van der Waals surface area contributed by atoms with Crippen molar-refractivity contribution in [3.8, 4) is 22.3 Å². The summed E-state index contributed by atoms with van der Waals surface area (Å²) < 4.78 is 27.5. The van der Waals surface area contributed by atoms with Gasteiger partial charge in [0.15, 0.2) is 15.2 Å². The van der Waals surface area contributed by atoms with E-state index in [2.05, 4.69) is 20.1 Å². The summed E-state index contributed by atoms with van der Waals surface area (Å²) in [6.45, 7) is 10.2. The van der Waals surface area contributed by atoms with Crippen molar-refractivity contribution < 1.29 is 9.11 Å². The van der Waals surface area contributed by atoms with E-state index >= 15 is 0 Å². The van der Waals surface area contributed by atoms with Gasteiger partial charge >= 0.3 is 0 Å². The summed E-state index contributed by atoms with van der Waals surface area (Å²) in [6.07, 6.45) is 7.80. The van der Waals surface area contributed by atoms with Gasteiger partial charge in [0.05, 0.1) is 0 Å². The van der Waals surface area contributed by atoms with Crippen molar-refractivity contribution in [2.45, 2.75) is 29.7 Å². The van der Waals surface area contributed by atoms with Gasteiger partial charge < -0.3 is 13.7 Å². The zero-order valence-electron chi connectivity index (χ0n) is 18.2. The topological polar surface area (TPSA) is 68.1 Å². The fourth-order valence-electron chi connectivity index (χ4n) is 3.44. The summed E-state index contributed by atoms with van der Waals surface area (Å²) in [5.41, 5.74) is 2.43. The second-order valence-corrected chi connectivity index (χ2v) is 10.3. The lowest BCUT2D eigenvalue weighted by molar-refractivity contribution is 0.595. The molecule has 0 aliphatic rings. The maximum Gasteiger partial charge on any atom is 0.197 e. The van der Waals surface area contributed by atoms with Gasteiger partial charge in [-0.3, -0.25) is 4.79 Å². The van der Waals surface area contributed by atoms with Crippen molar-refractivity contribution in [3.63, 3.8) is 0 Å². The molecule has 2 unspecified atom stereocenters. The van der Waals surface area contributed by atoms with Gasteiger partial charge in [0.1, 0.15) is 11.5 Å². The Balaban J connectivity index is 2.25. The van der Waals surface area contributed by atoms with Gasteiger partial charge in [0, 0.05) is 48.3 Å². The minimum Gasteiger partial charge on any atom is -0.611 e. The third-order valence-corrected chi connectivity index (χ3v) is 7.50. The average Bonchev–Trinajstić information content (AvgIpc) is 2.81. The largest absolute Gasteiger partial charge is 0.611 e. The quantitative estimate of drug-likeness (QED) is 0.306. The lowest BCUT2D eigenvalue weighted by atomic mass is 10.0. The number of pyridine rings is 1. The third kappa shape index (κ3) is 5.64. The van der Waals surface area contributed by atoms with Crippen molar-refractivity contribution in [3.05, 3.63) is 96.5 Å². The minimum absolute atomic E-state index is 0.115. The number of aryl methyl sites for hydroxylation is 1. The van der Waals surface area contributed by atoms with Gasteiger partial charge in [-0.2, -0.15) is 0 Å². The average molecular weight is 466 g/mol. The highest BCUT2D eigenvalue weighted by Crippen LogP contribution is 2.28. The molecule has 0 bridgehead atoms. The number of nitrogens with zero attached hydrogens (tertiary/aromatic N) is 1. The van der Waals surface area contributed by atoms with Crippen LogP contribution in [0.2, 0.25) is 0 Å². The second kappa shape index (κ2) is 11.4. The molecule has 3 aromatic rings. The summed E-state index contributed by atoms with van der Waals surface area (Å²) in [6, 6.07) is 14.8. The molecule has 0 fully saturated rings. The van der Waals surface area contributed by atoms with Crippen LogP contribution in [0.15, 0.2) is 101 Å². The minimum atomic E-state index is -1.34. The molecule has 1 aromatic heterocycles. The highest BCUT2D eigenvalue weighted by molar-refractivity contribution is 7.92. The normalized spacial score (nSPS) is 12.8. The van der Waals surface area contributed by atoms with Crippen molar-refractivity contribution in [2.75, 3.05) is 11.5 Å². The van der Waals surface area contributed by atoms with Gasteiger partial charge in [-0.1, -0.05) is 50.4 Å². The number of hydrogen-bond acceptors (Lipinski definition) is 3. The Bertz CT molecular complexity index is 1110. The first-order valence-electron chi connectivity index (χ1n) is 10.4. The van der Waals surface area contributed by atoms with E-state index < -0.39 is 22.4 Å². The SMILES string of the molecule is C=CC[S+]([O-])c1cc(-c2cn(CCC)cc(-c3ccccc3)c2=O)cc([S+]([O-])CC=C)c1. The lowest BCUT2D eigenvalue weighted by Gasteiger charge is -2.16. The van der Waals surface area contributed by atoms with Crippen LogP contribution in [-0.2, 0) is 28.9 Å². The molecule has 0 radical (unpaired) electrons. The van der Waals surface area contributed by atoms with Crippen molar-refractivity contribution in [2.24, 2.45) is 0 Å². The fraction of sp³-hybridized carbons (Fsp3) is 0.192. The van der Waals surface area contributed by atoms with Gasteiger partial charge in [0.2, 0.25) is 0 Å². The van der Waals surface area contributed by atoms with Gasteiger partial charge in [-0.15, -0.1) is 0 Å². The monoisotopic (exact) mass is 465 g/mol. The van der Waals surface area contributed by atoms with Crippen LogP contribution in [0.3, 0.4) is 0 Å². The van der Waals surface area contributed by atoms with Crippen molar-refractivity contribution >= 4 is 22.4 Å². The molecule has 0 spiro atoms. The molecule has 4 nitrogen and oxygen atoms in total. The molecule has 0 aliphatic heterocycles. The molecule has 166 valence electrons. The molecule has 2 aromatic carbocycles. The maximum absolute atomic E-state index is 13.5. The predicted molar refractivity (Wildman–Crippen MR) is 135 cm³/mol. The lowest BCUT2D eigenvalue weighted by Crippen LogP contribution is -2.15. The molecule has 2 atom stereocenters. The van der Waals surface area contributed by atoms with E-state index in [0.29, 0.717) is 26.5 Å². The van der Waals surface area contributed by atoms with Gasteiger partial charge in [-0.05, 0) is 52.1 Å². The Kier molecular flexibility index (Phi) is 8.59. The summed E-state index contributed by atoms with van der Waals surface area (Å²) in [4.78, 5) is 14.6. The predicted octanol–water partition coefficient (Wildman–Crippen LogP) is 5.18. The second-order valence-electron chi connectivity index (χ2n) is 7.31. The number of aromatic nitrogens is 1. The number of hydrogen-bond donors (Lipinski definition) is 0. The van der Waals surface area contributed by atoms with Crippen LogP contribution in [-0.4, -0.2) is 25.2 Å². The highest BCUT2D eigenvalue weighted by Gasteiger charge is 2.21. The molecule has 6 heteroatoms. The van der Waals surface area contributed by atoms with Crippen LogP contribution in [0.25, 0.3) is 22.3 Å². The molecule has 1 heterocycles. The Morgan fingerprint density at radius 1 is 0.875 bits per heavy atom. The Hall–Kier alpha value is -2.51. The smallest absolute Gasteiger partial charge is 0.197 e. The molecule has 0 N–H and O–H groups in total. The van der Waals surface area contributed by atoms with Gasteiger partial charge in [0.25, 0.3) is 0 Å². The zero-order chi connectivity index (χ0) is 23.1. The van der Waals surface area contributed by atoms with E-state index in [4.69, 9.17) is 0 Å². The van der Waals surface area contributed by atoms with E-state index in [-0.39, 0.29) is 16.9 Å².